The lowest BCUT2D eigenvalue weighted by atomic mass is 10.0. The van der Waals surface area contributed by atoms with Gasteiger partial charge < -0.3 is 10.2 Å². The highest BCUT2D eigenvalue weighted by atomic mass is 35.5. The highest BCUT2D eigenvalue weighted by Gasteiger charge is 2.35. The number of rotatable bonds is 12. The second kappa shape index (κ2) is 14.9. The third-order valence-electron chi connectivity index (χ3n) is 6.75. The van der Waals surface area contributed by atoms with E-state index in [1.165, 1.54) is 35.2 Å². The molecule has 0 saturated carbocycles. The molecule has 2 amide bonds. The van der Waals surface area contributed by atoms with Crippen LogP contribution in [0.3, 0.4) is 0 Å². The lowest BCUT2D eigenvalue weighted by Crippen LogP contribution is -2.54. The van der Waals surface area contributed by atoms with Crippen molar-refractivity contribution in [3.8, 4) is 0 Å². The quantitative estimate of drug-likeness (QED) is 0.176. The van der Waals surface area contributed by atoms with Crippen molar-refractivity contribution in [2.24, 2.45) is 0 Å². The fraction of sp³-hybridized carbons (Fsp3) is 0.212. The summed E-state index contributed by atoms with van der Waals surface area (Å²) >= 11 is 18.7. The number of nitrogens with zero attached hydrogens (tertiary/aromatic N) is 2. The van der Waals surface area contributed by atoms with E-state index in [9.17, 15) is 18.0 Å². The molecule has 1 atom stereocenters. The first-order valence-electron chi connectivity index (χ1n) is 13.9. The molecule has 0 fully saturated rings. The van der Waals surface area contributed by atoms with Crippen molar-refractivity contribution in [1.82, 2.24) is 10.2 Å². The summed E-state index contributed by atoms with van der Waals surface area (Å²) in [7, 11) is -4.25. The SMILES string of the molecule is CC(C)NC(=O)C(Cc1ccccc1)N(Cc1cccc(Cl)c1)C(=O)CN(c1ccc(Cl)c(Cl)c1)S(=O)(=O)c1ccccc1. The molecule has 1 N–H and O–H groups in total. The van der Waals surface area contributed by atoms with Gasteiger partial charge >= 0.3 is 0 Å². The Morgan fingerprint density at radius 1 is 0.773 bits per heavy atom. The van der Waals surface area contributed by atoms with Crippen molar-refractivity contribution >= 4 is 62.3 Å². The minimum Gasteiger partial charge on any atom is -0.352 e. The van der Waals surface area contributed by atoms with Gasteiger partial charge in [0.15, 0.2) is 0 Å². The molecule has 4 aromatic carbocycles. The van der Waals surface area contributed by atoms with Gasteiger partial charge in [0.1, 0.15) is 12.6 Å². The standard InChI is InChI=1S/C33H32Cl3N3O4S/c1-23(2)37-33(41)31(19-24-10-5-3-6-11-24)38(21-25-12-9-13-26(34)18-25)32(40)22-39(27-16-17-29(35)30(36)20-27)44(42,43)28-14-7-4-8-15-28/h3-18,20,23,31H,19,21-22H2,1-2H3,(H,37,41). The van der Waals surface area contributed by atoms with Crippen LogP contribution in [-0.4, -0.2) is 43.8 Å². The number of nitrogens with one attached hydrogen (secondary N) is 1. The van der Waals surface area contributed by atoms with Gasteiger partial charge in [-0.1, -0.05) is 95.5 Å². The first-order chi connectivity index (χ1) is 21.0. The topological polar surface area (TPSA) is 86.8 Å². The number of carbonyl (C=O) groups excluding carboxylic acids is 2. The second-order valence-electron chi connectivity index (χ2n) is 10.4. The van der Waals surface area contributed by atoms with E-state index in [-0.39, 0.29) is 45.5 Å². The molecule has 0 heterocycles. The molecule has 0 aliphatic heterocycles. The third-order valence-corrected chi connectivity index (χ3v) is 9.51. The van der Waals surface area contributed by atoms with Crippen molar-refractivity contribution in [3.05, 3.63) is 129 Å². The van der Waals surface area contributed by atoms with E-state index in [0.29, 0.717) is 10.6 Å². The largest absolute Gasteiger partial charge is 0.352 e. The number of carbonyl (C=O) groups is 2. The summed E-state index contributed by atoms with van der Waals surface area (Å²) in [6, 6.07) is 27.3. The predicted octanol–water partition coefficient (Wildman–Crippen LogP) is 7.01. The fourth-order valence-electron chi connectivity index (χ4n) is 4.66. The van der Waals surface area contributed by atoms with Gasteiger partial charge in [0, 0.05) is 24.0 Å². The van der Waals surface area contributed by atoms with Crippen molar-refractivity contribution in [2.45, 2.75) is 43.8 Å². The first kappa shape index (κ1) is 33.3. The monoisotopic (exact) mass is 671 g/mol. The van der Waals surface area contributed by atoms with Crippen LogP contribution in [0.1, 0.15) is 25.0 Å². The minimum atomic E-state index is -4.25. The van der Waals surface area contributed by atoms with E-state index in [4.69, 9.17) is 34.8 Å². The summed E-state index contributed by atoms with van der Waals surface area (Å²) in [5.41, 5.74) is 1.65. The van der Waals surface area contributed by atoms with Gasteiger partial charge in [-0.25, -0.2) is 8.42 Å². The second-order valence-corrected chi connectivity index (χ2v) is 13.6. The maximum Gasteiger partial charge on any atom is 0.264 e. The van der Waals surface area contributed by atoms with Crippen LogP contribution in [0, 0.1) is 0 Å². The van der Waals surface area contributed by atoms with Gasteiger partial charge in [0.05, 0.1) is 20.6 Å². The van der Waals surface area contributed by atoms with Crippen LogP contribution in [0.25, 0.3) is 0 Å². The molecule has 7 nitrogen and oxygen atoms in total. The normalized spacial score (nSPS) is 12.0. The number of anilines is 1. The molecule has 0 radical (unpaired) electrons. The van der Waals surface area contributed by atoms with Gasteiger partial charge in [-0.05, 0) is 67.4 Å². The molecule has 230 valence electrons. The molecule has 0 saturated heterocycles. The highest BCUT2D eigenvalue weighted by molar-refractivity contribution is 7.92. The average Bonchev–Trinajstić information content (AvgIpc) is 2.99. The van der Waals surface area contributed by atoms with E-state index in [2.05, 4.69) is 5.32 Å². The molecule has 0 spiro atoms. The van der Waals surface area contributed by atoms with Crippen LogP contribution < -0.4 is 9.62 Å². The zero-order valence-electron chi connectivity index (χ0n) is 24.2. The van der Waals surface area contributed by atoms with Crippen LogP contribution in [0.15, 0.2) is 108 Å². The minimum absolute atomic E-state index is 0.00298. The van der Waals surface area contributed by atoms with E-state index < -0.39 is 28.5 Å². The Bertz CT molecular complexity index is 1700. The number of amides is 2. The molecule has 0 bridgehead atoms. The molecule has 11 heteroatoms. The van der Waals surface area contributed by atoms with Crippen LogP contribution >= 0.6 is 34.8 Å². The number of benzene rings is 4. The molecule has 44 heavy (non-hydrogen) atoms. The molecular weight excluding hydrogens is 641 g/mol. The van der Waals surface area contributed by atoms with Crippen molar-refractivity contribution in [1.29, 1.82) is 0 Å². The molecule has 0 aliphatic carbocycles. The number of sulfonamides is 1. The summed E-state index contributed by atoms with van der Waals surface area (Å²) in [6.45, 7) is 3.05. The molecule has 1 unspecified atom stereocenters. The van der Waals surface area contributed by atoms with Crippen molar-refractivity contribution < 1.29 is 18.0 Å². The van der Waals surface area contributed by atoms with Crippen LogP contribution in [0.5, 0.6) is 0 Å². The zero-order chi connectivity index (χ0) is 31.9. The number of hydrogen-bond donors (Lipinski definition) is 1. The van der Waals surface area contributed by atoms with Gasteiger partial charge in [-0.3, -0.25) is 13.9 Å². The summed E-state index contributed by atoms with van der Waals surface area (Å²) in [5, 5.41) is 3.75. The maximum absolute atomic E-state index is 14.4. The Balaban J connectivity index is 1.82. The Morgan fingerprint density at radius 3 is 2.02 bits per heavy atom. The third kappa shape index (κ3) is 8.54. The Labute approximate surface area is 273 Å². The summed E-state index contributed by atoms with van der Waals surface area (Å²) < 4.78 is 29.0. The fourth-order valence-corrected chi connectivity index (χ4v) is 6.59. The molecular formula is C33H32Cl3N3O4S. The van der Waals surface area contributed by atoms with E-state index >= 15 is 0 Å². The summed E-state index contributed by atoms with van der Waals surface area (Å²) in [6.07, 6.45) is 0.198. The van der Waals surface area contributed by atoms with E-state index in [1.54, 1.807) is 42.5 Å². The van der Waals surface area contributed by atoms with Gasteiger partial charge in [-0.15, -0.1) is 0 Å². The maximum atomic E-state index is 14.4. The summed E-state index contributed by atoms with van der Waals surface area (Å²) in [4.78, 5) is 29.5. The van der Waals surface area contributed by atoms with Crippen LogP contribution in [0.2, 0.25) is 15.1 Å². The van der Waals surface area contributed by atoms with Crippen molar-refractivity contribution in [3.63, 3.8) is 0 Å². The van der Waals surface area contributed by atoms with Gasteiger partial charge in [0.25, 0.3) is 10.0 Å². The van der Waals surface area contributed by atoms with Gasteiger partial charge in [0.2, 0.25) is 11.8 Å². The number of hydrogen-bond acceptors (Lipinski definition) is 4. The highest BCUT2D eigenvalue weighted by Crippen LogP contribution is 2.31. The Kier molecular flexibility index (Phi) is 11.3. The Morgan fingerprint density at radius 2 is 1.41 bits per heavy atom. The van der Waals surface area contributed by atoms with E-state index in [1.807, 2.05) is 44.2 Å². The predicted molar refractivity (Wildman–Crippen MR) is 177 cm³/mol. The lowest BCUT2D eigenvalue weighted by Gasteiger charge is -2.34. The van der Waals surface area contributed by atoms with Crippen molar-refractivity contribution in [2.75, 3.05) is 10.8 Å². The average molecular weight is 673 g/mol. The first-order valence-corrected chi connectivity index (χ1v) is 16.4. The summed E-state index contributed by atoms with van der Waals surface area (Å²) in [5.74, 6) is -0.971. The zero-order valence-corrected chi connectivity index (χ0v) is 27.2. The molecule has 0 aliphatic rings. The molecule has 4 aromatic rings. The van der Waals surface area contributed by atoms with Gasteiger partial charge in [-0.2, -0.15) is 0 Å². The number of halogens is 3. The van der Waals surface area contributed by atoms with E-state index in [0.717, 1.165) is 9.87 Å². The smallest absolute Gasteiger partial charge is 0.264 e. The molecule has 4 rings (SSSR count). The molecule has 0 aromatic heterocycles. The Hall–Kier alpha value is -3.56. The lowest BCUT2D eigenvalue weighted by molar-refractivity contribution is -0.140. The van der Waals surface area contributed by atoms with Crippen LogP contribution in [-0.2, 0) is 32.6 Å². The van der Waals surface area contributed by atoms with Crippen LogP contribution in [0.4, 0.5) is 5.69 Å².